The van der Waals surface area contributed by atoms with Crippen LogP contribution in [0.1, 0.15) is 12.8 Å². The Kier molecular flexibility index (Phi) is 4.23. The molecule has 106 valence electrons. The predicted octanol–water partition coefficient (Wildman–Crippen LogP) is 0.150. The van der Waals surface area contributed by atoms with Gasteiger partial charge < -0.3 is 15.8 Å². The van der Waals surface area contributed by atoms with E-state index in [0.717, 1.165) is 32.6 Å². The molecule has 0 bridgehead atoms. The summed E-state index contributed by atoms with van der Waals surface area (Å²) in [5.74, 6) is 1.01. The lowest BCUT2D eigenvalue weighted by Gasteiger charge is -2.22. The maximum absolute atomic E-state index is 11.1. The molecule has 0 saturated carbocycles. The van der Waals surface area contributed by atoms with E-state index in [0.29, 0.717) is 11.7 Å². The Morgan fingerprint density at radius 3 is 2.68 bits per heavy atom. The number of sulfonamides is 1. The average molecular weight is 286 g/mol. The molecule has 0 unspecified atom stereocenters. The zero-order chi connectivity index (χ0) is 13.9. The minimum absolute atomic E-state index is 0.0818. The topological polar surface area (TPSA) is 120 Å². The summed E-state index contributed by atoms with van der Waals surface area (Å²) in [6.45, 7) is 2.30. The van der Waals surface area contributed by atoms with Crippen molar-refractivity contribution in [1.82, 2.24) is 4.98 Å². The molecule has 0 amide bonds. The van der Waals surface area contributed by atoms with Crippen LogP contribution in [0.5, 0.6) is 0 Å². The van der Waals surface area contributed by atoms with E-state index in [1.807, 2.05) is 0 Å². The number of anilines is 2. The molecule has 0 atom stereocenters. The zero-order valence-corrected chi connectivity index (χ0v) is 11.3. The van der Waals surface area contributed by atoms with Crippen LogP contribution in [-0.4, -0.2) is 33.2 Å². The summed E-state index contributed by atoms with van der Waals surface area (Å²) in [4.78, 5) is 3.92. The monoisotopic (exact) mass is 286 g/mol. The number of nitrogens with zero attached hydrogens (tertiary/aromatic N) is 1. The summed E-state index contributed by atoms with van der Waals surface area (Å²) in [6, 6.07) is 1.31. The van der Waals surface area contributed by atoms with Gasteiger partial charge in [-0.05, 0) is 24.8 Å². The van der Waals surface area contributed by atoms with E-state index in [9.17, 15) is 8.42 Å². The van der Waals surface area contributed by atoms with Gasteiger partial charge in [0.15, 0.2) is 0 Å². The molecule has 1 aliphatic heterocycles. The largest absolute Gasteiger partial charge is 0.396 e. The molecular weight excluding hydrogens is 268 g/mol. The Morgan fingerprint density at radius 2 is 2.11 bits per heavy atom. The Labute approximate surface area is 112 Å². The van der Waals surface area contributed by atoms with Crippen molar-refractivity contribution in [2.75, 3.05) is 30.8 Å². The fraction of sp³-hybridized carbons (Fsp3) is 0.545. The molecule has 1 aromatic rings. The summed E-state index contributed by atoms with van der Waals surface area (Å²) >= 11 is 0. The molecule has 1 aromatic heterocycles. The van der Waals surface area contributed by atoms with E-state index in [-0.39, 0.29) is 10.6 Å². The van der Waals surface area contributed by atoms with Gasteiger partial charge in [0.05, 0.1) is 5.69 Å². The molecule has 0 radical (unpaired) electrons. The maximum Gasteiger partial charge on any atom is 0.239 e. The van der Waals surface area contributed by atoms with Crippen molar-refractivity contribution in [3.8, 4) is 0 Å². The van der Waals surface area contributed by atoms with E-state index in [1.54, 1.807) is 0 Å². The van der Waals surface area contributed by atoms with Gasteiger partial charge in [0.1, 0.15) is 10.7 Å². The number of hydrogen-bond donors (Lipinski definition) is 3. The summed E-state index contributed by atoms with van der Waals surface area (Å²) in [5, 5.41) is 8.14. The first-order chi connectivity index (χ1) is 8.97. The van der Waals surface area contributed by atoms with Crippen LogP contribution in [0.4, 0.5) is 11.5 Å². The van der Waals surface area contributed by atoms with Crippen molar-refractivity contribution in [2.24, 2.45) is 11.1 Å². The lowest BCUT2D eigenvalue weighted by Crippen LogP contribution is -2.23. The third-order valence-electron chi connectivity index (χ3n) is 3.12. The van der Waals surface area contributed by atoms with Gasteiger partial charge in [0, 0.05) is 26.0 Å². The number of nitrogens with one attached hydrogen (secondary N) is 1. The van der Waals surface area contributed by atoms with Gasteiger partial charge in [0.25, 0.3) is 0 Å². The molecule has 7 nitrogen and oxygen atoms in total. The first kappa shape index (κ1) is 14.0. The van der Waals surface area contributed by atoms with Crippen LogP contribution in [0.3, 0.4) is 0 Å². The third kappa shape index (κ3) is 3.79. The highest BCUT2D eigenvalue weighted by Gasteiger charge is 2.15. The van der Waals surface area contributed by atoms with E-state index in [2.05, 4.69) is 10.3 Å². The van der Waals surface area contributed by atoms with Gasteiger partial charge in [0.2, 0.25) is 10.0 Å². The van der Waals surface area contributed by atoms with Gasteiger partial charge in [-0.2, -0.15) is 0 Å². The normalized spacial score (nSPS) is 17.3. The number of primary sulfonamides is 1. The van der Waals surface area contributed by atoms with Crippen molar-refractivity contribution in [1.29, 1.82) is 0 Å². The lowest BCUT2D eigenvalue weighted by molar-refractivity contribution is 0.0699. The minimum atomic E-state index is -3.76. The van der Waals surface area contributed by atoms with Crippen LogP contribution in [0.2, 0.25) is 0 Å². The van der Waals surface area contributed by atoms with Crippen molar-refractivity contribution >= 4 is 21.5 Å². The van der Waals surface area contributed by atoms with Gasteiger partial charge in [-0.3, -0.25) is 0 Å². The van der Waals surface area contributed by atoms with Crippen molar-refractivity contribution in [3.05, 3.63) is 12.3 Å². The lowest BCUT2D eigenvalue weighted by atomic mass is 10.0. The van der Waals surface area contributed by atoms with E-state index >= 15 is 0 Å². The number of aromatic nitrogens is 1. The van der Waals surface area contributed by atoms with Crippen LogP contribution < -0.4 is 16.2 Å². The number of nitrogens with two attached hydrogens (primary N) is 2. The fourth-order valence-corrected chi connectivity index (χ4v) is 2.45. The second-order valence-corrected chi connectivity index (χ2v) is 6.15. The first-order valence-corrected chi connectivity index (χ1v) is 7.61. The van der Waals surface area contributed by atoms with Crippen LogP contribution in [0.25, 0.3) is 0 Å². The molecule has 19 heavy (non-hydrogen) atoms. The highest BCUT2D eigenvalue weighted by atomic mass is 32.2. The SMILES string of the molecule is Nc1cc(S(N)(=O)=O)cnc1NCC1CCOCC1. The molecule has 2 rings (SSSR count). The van der Waals surface area contributed by atoms with E-state index < -0.39 is 10.0 Å². The van der Waals surface area contributed by atoms with Gasteiger partial charge in [-0.15, -0.1) is 0 Å². The summed E-state index contributed by atoms with van der Waals surface area (Å²) in [7, 11) is -3.76. The number of nitrogen functional groups attached to an aromatic ring is 1. The molecule has 8 heteroatoms. The Morgan fingerprint density at radius 1 is 1.42 bits per heavy atom. The Bertz CT molecular complexity index is 541. The number of hydrogen-bond acceptors (Lipinski definition) is 6. The van der Waals surface area contributed by atoms with Gasteiger partial charge in [-0.25, -0.2) is 18.5 Å². The molecule has 5 N–H and O–H groups in total. The summed E-state index contributed by atoms with van der Waals surface area (Å²) in [6.07, 6.45) is 3.21. The van der Waals surface area contributed by atoms with Crippen LogP contribution >= 0.6 is 0 Å². The molecule has 0 aromatic carbocycles. The Balaban J connectivity index is 2.01. The molecule has 0 spiro atoms. The van der Waals surface area contributed by atoms with E-state index in [1.165, 1.54) is 12.3 Å². The molecule has 1 saturated heterocycles. The van der Waals surface area contributed by atoms with Crippen LogP contribution in [-0.2, 0) is 14.8 Å². The first-order valence-electron chi connectivity index (χ1n) is 6.07. The summed E-state index contributed by atoms with van der Waals surface area (Å²) < 4.78 is 27.6. The molecule has 2 heterocycles. The highest BCUT2D eigenvalue weighted by molar-refractivity contribution is 7.89. The molecule has 1 fully saturated rings. The molecule has 0 aliphatic carbocycles. The smallest absolute Gasteiger partial charge is 0.239 e. The van der Waals surface area contributed by atoms with Crippen LogP contribution in [0, 0.1) is 5.92 Å². The third-order valence-corrected chi connectivity index (χ3v) is 4.00. The number of ether oxygens (including phenoxy) is 1. The second-order valence-electron chi connectivity index (χ2n) is 4.59. The van der Waals surface area contributed by atoms with E-state index in [4.69, 9.17) is 15.6 Å². The second kappa shape index (κ2) is 5.72. The Hall–Kier alpha value is -1.38. The predicted molar refractivity (Wildman–Crippen MR) is 72.1 cm³/mol. The fourth-order valence-electron chi connectivity index (χ4n) is 1.96. The standard InChI is InChI=1S/C11H18N4O3S/c12-10-5-9(19(13,16)17)7-15-11(10)14-6-8-1-3-18-4-2-8/h5,7-8H,1-4,6,12H2,(H,14,15)(H2,13,16,17). The number of pyridine rings is 1. The molecular formula is C11H18N4O3S. The quantitative estimate of drug-likeness (QED) is 0.724. The average Bonchev–Trinajstić information content (AvgIpc) is 2.37. The molecule has 1 aliphatic rings. The maximum atomic E-state index is 11.1. The van der Waals surface area contributed by atoms with Crippen molar-refractivity contribution in [2.45, 2.75) is 17.7 Å². The summed E-state index contributed by atoms with van der Waals surface area (Å²) in [5.41, 5.74) is 6.04. The number of rotatable bonds is 4. The minimum Gasteiger partial charge on any atom is -0.396 e. The zero-order valence-electron chi connectivity index (χ0n) is 10.5. The highest BCUT2D eigenvalue weighted by Crippen LogP contribution is 2.21. The van der Waals surface area contributed by atoms with Gasteiger partial charge >= 0.3 is 0 Å². The van der Waals surface area contributed by atoms with Crippen LogP contribution in [0.15, 0.2) is 17.2 Å². The van der Waals surface area contributed by atoms with Gasteiger partial charge in [-0.1, -0.05) is 0 Å². The van der Waals surface area contributed by atoms with Crippen molar-refractivity contribution < 1.29 is 13.2 Å². The van der Waals surface area contributed by atoms with Crippen molar-refractivity contribution in [3.63, 3.8) is 0 Å².